The Labute approximate surface area is 210 Å². The summed E-state index contributed by atoms with van der Waals surface area (Å²) in [4.78, 5) is 27.5. The van der Waals surface area contributed by atoms with Crippen molar-refractivity contribution in [3.8, 4) is 0 Å². The number of nitrogens with one attached hydrogen (secondary N) is 3. The maximum atomic E-state index is 12.0. The Morgan fingerprint density at radius 3 is 2.43 bits per heavy atom. The molecule has 2 aliphatic rings. The van der Waals surface area contributed by atoms with Crippen LogP contribution in [0.15, 0.2) is 52.6 Å². The lowest BCUT2D eigenvalue weighted by Gasteiger charge is -2.42. The van der Waals surface area contributed by atoms with Gasteiger partial charge < -0.3 is 15.5 Å². The van der Waals surface area contributed by atoms with Crippen LogP contribution >= 0.6 is 11.8 Å². The molecule has 1 aromatic carbocycles. The number of rotatable bonds is 7. The van der Waals surface area contributed by atoms with E-state index in [0.29, 0.717) is 11.0 Å². The van der Waals surface area contributed by atoms with E-state index in [-0.39, 0.29) is 17.4 Å². The standard InChI is InChI=1S/C25H32N8OS/c1-25(2,3)33-14-12-32(13-15-33)22-16-21(28-20-10-11-26-31-20)29-24(30-22)35-19-8-6-18(7-9-19)27-23(34)17-4-5-17/h6-11,16-17H,4-5,12-15H2,1-3H3,(H,27,34)(H2,26,28,29,30,31). The molecule has 1 saturated heterocycles. The van der Waals surface area contributed by atoms with Crippen LogP contribution in [-0.2, 0) is 4.79 Å². The fourth-order valence-corrected chi connectivity index (χ4v) is 4.82. The Hall–Kier alpha value is -3.11. The van der Waals surface area contributed by atoms with Crippen LogP contribution in [0.1, 0.15) is 33.6 Å². The molecule has 5 rings (SSSR count). The molecule has 0 radical (unpaired) electrons. The van der Waals surface area contributed by atoms with Crippen LogP contribution in [0.3, 0.4) is 0 Å². The molecule has 2 fully saturated rings. The first-order valence-electron chi connectivity index (χ1n) is 12.1. The zero-order valence-corrected chi connectivity index (χ0v) is 21.2. The van der Waals surface area contributed by atoms with Crippen LogP contribution in [-0.4, -0.2) is 62.7 Å². The molecular formula is C25H32N8OS. The van der Waals surface area contributed by atoms with Gasteiger partial charge in [0.05, 0.1) is 6.20 Å². The van der Waals surface area contributed by atoms with E-state index in [1.165, 1.54) is 11.8 Å². The Morgan fingerprint density at radius 2 is 1.80 bits per heavy atom. The second kappa shape index (κ2) is 9.87. The summed E-state index contributed by atoms with van der Waals surface area (Å²) in [5, 5.41) is 13.9. The number of amides is 1. The van der Waals surface area contributed by atoms with Gasteiger partial charge in [-0.3, -0.25) is 14.8 Å². The lowest BCUT2D eigenvalue weighted by atomic mass is 10.1. The topological polar surface area (TPSA) is 102 Å². The number of piperazine rings is 1. The van der Waals surface area contributed by atoms with Gasteiger partial charge in [-0.2, -0.15) is 5.10 Å². The molecule has 1 saturated carbocycles. The summed E-state index contributed by atoms with van der Waals surface area (Å²) in [6.07, 6.45) is 3.69. The predicted molar refractivity (Wildman–Crippen MR) is 139 cm³/mol. The summed E-state index contributed by atoms with van der Waals surface area (Å²) in [6, 6.07) is 11.7. The molecule has 0 spiro atoms. The number of anilines is 4. The van der Waals surface area contributed by atoms with Crippen molar-refractivity contribution in [2.24, 2.45) is 5.92 Å². The monoisotopic (exact) mass is 492 g/mol. The summed E-state index contributed by atoms with van der Waals surface area (Å²) in [5.41, 5.74) is 0.982. The fraction of sp³-hybridized carbons (Fsp3) is 0.440. The number of H-pyrrole nitrogens is 1. The highest BCUT2D eigenvalue weighted by molar-refractivity contribution is 7.99. The minimum atomic E-state index is 0.113. The lowest BCUT2D eigenvalue weighted by Crippen LogP contribution is -2.53. The predicted octanol–water partition coefficient (Wildman–Crippen LogP) is 4.36. The van der Waals surface area contributed by atoms with Gasteiger partial charge >= 0.3 is 0 Å². The second-order valence-electron chi connectivity index (χ2n) is 10.0. The van der Waals surface area contributed by atoms with Gasteiger partial charge in [-0.1, -0.05) is 0 Å². The Kier molecular flexibility index (Phi) is 6.66. The van der Waals surface area contributed by atoms with Crippen LogP contribution < -0.4 is 15.5 Å². The van der Waals surface area contributed by atoms with E-state index >= 15 is 0 Å². The van der Waals surface area contributed by atoms with Gasteiger partial charge in [0.15, 0.2) is 5.16 Å². The summed E-state index contributed by atoms with van der Waals surface area (Å²) in [7, 11) is 0. The van der Waals surface area contributed by atoms with Gasteiger partial charge in [0, 0.05) is 60.4 Å². The number of benzene rings is 1. The number of carbonyl (C=O) groups is 1. The summed E-state index contributed by atoms with van der Waals surface area (Å²) < 4.78 is 0. The third-order valence-electron chi connectivity index (χ3n) is 6.29. The molecule has 0 bridgehead atoms. The van der Waals surface area contributed by atoms with E-state index in [9.17, 15) is 4.79 Å². The smallest absolute Gasteiger partial charge is 0.227 e. The second-order valence-corrected chi connectivity index (χ2v) is 11.1. The van der Waals surface area contributed by atoms with Crippen LogP contribution in [0.2, 0.25) is 0 Å². The SMILES string of the molecule is CC(C)(C)N1CCN(c2cc(Nc3ccn[nH]3)nc(Sc3ccc(NC(=O)C4CC4)cc3)n2)CC1. The lowest BCUT2D eigenvalue weighted by molar-refractivity contribution is -0.117. The van der Waals surface area contributed by atoms with Gasteiger partial charge in [0.2, 0.25) is 5.91 Å². The van der Waals surface area contributed by atoms with Gasteiger partial charge in [0.1, 0.15) is 17.5 Å². The average Bonchev–Trinajstić information content (AvgIpc) is 3.57. The number of aromatic amines is 1. The molecule has 2 aromatic heterocycles. The Morgan fingerprint density at radius 1 is 1.06 bits per heavy atom. The molecule has 35 heavy (non-hydrogen) atoms. The van der Waals surface area contributed by atoms with E-state index in [2.05, 4.69) is 51.4 Å². The largest absolute Gasteiger partial charge is 0.354 e. The van der Waals surface area contributed by atoms with E-state index in [1.807, 2.05) is 36.4 Å². The van der Waals surface area contributed by atoms with Crippen molar-refractivity contribution in [3.63, 3.8) is 0 Å². The van der Waals surface area contributed by atoms with E-state index in [0.717, 1.165) is 61.2 Å². The molecule has 3 N–H and O–H groups in total. The number of aromatic nitrogens is 4. The van der Waals surface area contributed by atoms with Crippen molar-refractivity contribution < 1.29 is 4.79 Å². The molecule has 1 aliphatic carbocycles. The summed E-state index contributed by atoms with van der Waals surface area (Å²) >= 11 is 1.51. The highest BCUT2D eigenvalue weighted by atomic mass is 32.2. The molecule has 1 amide bonds. The minimum Gasteiger partial charge on any atom is -0.354 e. The molecule has 184 valence electrons. The van der Waals surface area contributed by atoms with E-state index in [1.54, 1.807) is 6.20 Å². The molecule has 3 aromatic rings. The van der Waals surface area contributed by atoms with Crippen molar-refractivity contribution in [1.82, 2.24) is 25.1 Å². The Balaban J connectivity index is 1.33. The molecule has 0 atom stereocenters. The minimum absolute atomic E-state index is 0.113. The van der Waals surface area contributed by atoms with Gasteiger partial charge in [-0.25, -0.2) is 9.97 Å². The molecule has 1 aliphatic heterocycles. The van der Waals surface area contributed by atoms with Gasteiger partial charge in [-0.15, -0.1) is 0 Å². The highest BCUT2D eigenvalue weighted by Gasteiger charge is 2.29. The van der Waals surface area contributed by atoms with Crippen molar-refractivity contribution in [3.05, 3.63) is 42.6 Å². The van der Waals surface area contributed by atoms with Crippen LogP contribution in [0.4, 0.5) is 23.1 Å². The Bertz CT molecular complexity index is 1150. The van der Waals surface area contributed by atoms with E-state index < -0.39 is 0 Å². The summed E-state index contributed by atoms with van der Waals surface area (Å²) in [6.45, 7) is 10.6. The molecule has 3 heterocycles. The quantitative estimate of drug-likeness (QED) is 0.418. The highest BCUT2D eigenvalue weighted by Crippen LogP contribution is 2.32. The molecular weight excluding hydrogens is 460 g/mol. The maximum Gasteiger partial charge on any atom is 0.227 e. The molecule has 0 unspecified atom stereocenters. The third kappa shape index (κ3) is 6.12. The van der Waals surface area contributed by atoms with E-state index in [4.69, 9.17) is 9.97 Å². The van der Waals surface area contributed by atoms with Crippen molar-refractivity contribution in [2.75, 3.05) is 41.7 Å². The first kappa shape index (κ1) is 23.6. The number of hydrogen-bond acceptors (Lipinski definition) is 8. The first-order valence-corrected chi connectivity index (χ1v) is 12.9. The average molecular weight is 493 g/mol. The molecule has 9 nitrogen and oxygen atoms in total. The van der Waals surface area contributed by atoms with Crippen LogP contribution in [0.25, 0.3) is 0 Å². The van der Waals surface area contributed by atoms with Crippen molar-refractivity contribution >= 4 is 40.8 Å². The molecule has 10 heteroatoms. The van der Waals surface area contributed by atoms with Crippen molar-refractivity contribution in [1.29, 1.82) is 0 Å². The van der Waals surface area contributed by atoms with Crippen molar-refractivity contribution in [2.45, 2.75) is 49.2 Å². The zero-order chi connectivity index (χ0) is 24.4. The van der Waals surface area contributed by atoms with Gasteiger partial charge in [-0.05, 0) is 69.6 Å². The van der Waals surface area contributed by atoms with Gasteiger partial charge in [0.25, 0.3) is 0 Å². The normalized spacial score (nSPS) is 16.8. The van der Waals surface area contributed by atoms with Crippen LogP contribution in [0.5, 0.6) is 0 Å². The number of hydrogen-bond donors (Lipinski definition) is 3. The maximum absolute atomic E-state index is 12.0. The number of nitrogens with zero attached hydrogens (tertiary/aromatic N) is 5. The fourth-order valence-electron chi connectivity index (χ4n) is 4.06. The number of carbonyl (C=O) groups excluding carboxylic acids is 1. The summed E-state index contributed by atoms with van der Waals surface area (Å²) in [5.74, 6) is 2.70. The third-order valence-corrected chi connectivity index (χ3v) is 7.16. The first-order chi connectivity index (χ1) is 16.8. The zero-order valence-electron chi connectivity index (χ0n) is 20.4. The van der Waals surface area contributed by atoms with Crippen LogP contribution in [0, 0.1) is 5.92 Å².